The number of hydrogen-bond donors (Lipinski definition) is 2. The molecule has 0 spiro atoms. The van der Waals surface area contributed by atoms with Gasteiger partial charge in [0.2, 0.25) is 5.91 Å². The van der Waals surface area contributed by atoms with Crippen molar-refractivity contribution in [1.29, 1.82) is 0 Å². The normalized spacial score (nSPS) is 10.2. The monoisotopic (exact) mass is 350 g/mol. The van der Waals surface area contributed by atoms with Crippen LogP contribution >= 0.6 is 31.9 Å². The minimum absolute atomic E-state index is 0.168. The third-order valence-electron chi connectivity index (χ3n) is 1.89. The average molecular weight is 352 g/mol. The molecule has 1 amide bonds. The molecule has 0 aliphatic heterocycles. The zero-order chi connectivity index (χ0) is 12.1. The fourth-order valence-corrected chi connectivity index (χ4v) is 2.84. The van der Waals surface area contributed by atoms with E-state index in [1.807, 2.05) is 12.1 Å². The molecule has 16 heavy (non-hydrogen) atoms. The second kappa shape index (κ2) is 6.22. The van der Waals surface area contributed by atoms with Gasteiger partial charge >= 0.3 is 0 Å². The average Bonchev–Trinajstić information content (AvgIpc) is 2.16. The summed E-state index contributed by atoms with van der Waals surface area (Å²) in [7, 11) is 1.61. The van der Waals surface area contributed by atoms with Crippen LogP contribution in [0.2, 0.25) is 0 Å². The quantitative estimate of drug-likeness (QED) is 0.850. The van der Waals surface area contributed by atoms with Crippen LogP contribution in [0.5, 0.6) is 5.75 Å². The van der Waals surface area contributed by atoms with Crippen molar-refractivity contribution in [3.63, 3.8) is 0 Å². The van der Waals surface area contributed by atoms with Crippen LogP contribution in [0.25, 0.3) is 0 Å². The molecule has 0 heterocycles. The first-order valence-corrected chi connectivity index (χ1v) is 6.14. The molecule has 0 radical (unpaired) electrons. The number of halogens is 2. The molecular weight excluding hydrogens is 340 g/mol. The van der Waals surface area contributed by atoms with Crippen molar-refractivity contribution in [3.05, 3.63) is 26.6 Å². The Morgan fingerprint density at radius 1 is 1.44 bits per heavy atom. The number of carbonyl (C=O) groups excluding carboxylic acids is 1. The van der Waals surface area contributed by atoms with Crippen LogP contribution in [0.15, 0.2) is 21.1 Å². The van der Waals surface area contributed by atoms with Gasteiger partial charge in [0.25, 0.3) is 0 Å². The Hall–Kier alpha value is -0.590. The Bertz CT molecular complexity index is 373. The number of benzene rings is 1. The first-order chi connectivity index (χ1) is 7.54. The van der Waals surface area contributed by atoms with Crippen molar-refractivity contribution in [1.82, 2.24) is 5.32 Å². The molecule has 1 aromatic carbocycles. The summed E-state index contributed by atoms with van der Waals surface area (Å²) >= 11 is 6.81. The number of nitrogens with one attached hydrogen (secondary N) is 1. The van der Waals surface area contributed by atoms with Crippen LogP contribution in [-0.4, -0.2) is 19.6 Å². The number of amides is 1. The maximum Gasteiger partial charge on any atom is 0.231 e. The van der Waals surface area contributed by atoms with E-state index in [4.69, 9.17) is 10.5 Å². The van der Waals surface area contributed by atoms with Gasteiger partial charge < -0.3 is 15.8 Å². The predicted octanol–water partition coefficient (Wildman–Crippen LogP) is 1.80. The molecule has 0 aromatic heterocycles. The first-order valence-electron chi connectivity index (χ1n) is 4.55. The molecule has 0 saturated heterocycles. The third kappa shape index (κ3) is 3.77. The SMILES string of the molecule is COc1c(Br)cc(CNCC(N)=O)cc1Br. The molecule has 1 aromatic rings. The van der Waals surface area contributed by atoms with E-state index in [1.54, 1.807) is 7.11 Å². The molecule has 0 fully saturated rings. The highest BCUT2D eigenvalue weighted by Gasteiger charge is 2.07. The molecule has 6 heteroatoms. The molecule has 88 valence electrons. The molecular formula is C10H12Br2N2O2. The fraction of sp³-hybridized carbons (Fsp3) is 0.300. The van der Waals surface area contributed by atoms with Crippen molar-refractivity contribution >= 4 is 37.8 Å². The molecule has 1 rings (SSSR count). The molecule has 4 nitrogen and oxygen atoms in total. The topological polar surface area (TPSA) is 64.3 Å². The van der Waals surface area contributed by atoms with E-state index in [1.165, 1.54) is 0 Å². The van der Waals surface area contributed by atoms with Gasteiger partial charge in [-0.1, -0.05) is 0 Å². The molecule has 0 aliphatic rings. The van der Waals surface area contributed by atoms with E-state index in [9.17, 15) is 4.79 Å². The third-order valence-corrected chi connectivity index (χ3v) is 3.07. The van der Waals surface area contributed by atoms with Gasteiger partial charge in [-0.25, -0.2) is 0 Å². The largest absolute Gasteiger partial charge is 0.494 e. The smallest absolute Gasteiger partial charge is 0.231 e. The molecule has 0 bridgehead atoms. The summed E-state index contributed by atoms with van der Waals surface area (Å²) in [4.78, 5) is 10.5. The van der Waals surface area contributed by atoms with Crippen LogP contribution in [0.1, 0.15) is 5.56 Å². The van der Waals surface area contributed by atoms with Crippen molar-refractivity contribution in [2.45, 2.75) is 6.54 Å². The van der Waals surface area contributed by atoms with Gasteiger partial charge in [-0.2, -0.15) is 0 Å². The van der Waals surface area contributed by atoms with Crippen molar-refractivity contribution in [2.24, 2.45) is 5.73 Å². The Balaban J connectivity index is 2.72. The maximum atomic E-state index is 10.5. The van der Waals surface area contributed by atoms with Crippen LogP contribution in [0, 0.1) is 0 Å². The predicted molar refractivity (Wildman–Crippen MR) is 69.3 cm³/mol. The molecule has 3 N–H and O–H groups in total. The lowest BCUT2D eigenvalue weighted by molar-refractivity contribution is -0.117. The summed E-state index contributed by atoms with van der Waals surface area (Å²) < 4.78 is 6.91. The summed E-state index contributed by atoms with van der Waals surface area (Å²) in [5, 5.41) is 2.94. The minimum Gasteiger partial charge on any atom is -0.494 e. The Kier molecular flexibility index (Phi) is 5.24. The lowest BCUT2D eigenvalue weighted by atomic mass is 10.2. The van der Waals surface area contributed by atoms with Crippen LogP contribution in [0.4, 0.5) is 0 Å². The highest BCUT2D eigenvalue weighted by atomic mass is 79.9. The van der Waals surface area contributed by atoms with E-state index in [2.05, 4.69) is 37.2 Å². The summed E-state index contributed by atoms with van der Waals surface area (Å²) in [6, 6.07) is 3.86. The number of nitrogens with two attached hydrogens (primary N) is 1. The molecule has 0 saturated carbocycles. The van der Waals surface area contributed by atoms with Crippen molar-refractivity contribution in [2.75, 3.05) is 13.7 Å². The zero-order valence-electron chi connectivity index (χ0n) is 8.72. The van der Waals surface area contributed by atoms with Crippen LogP contribution < -0.4 is 15.8 Å². The maximum absolute atomic E-state index is 10.5. The Morgan fingerprint density at radius 2 is 2.00 bits per heavy atom. The van der Waals surface area contributed by atoms with E-state index >= 15 is 0 Å². The minimum atomic E-state index is -0.369. The zero-order valence-corrected chi connectivity index (χ0v) is 11.9. The van der Waals surface area contributed by atoms with Crippen molar-refractivity contribution in [3.8, 4) is 5.75 Å². The van der Waals surface area contributed by atoms with Gasteiger partial charge in [0.1, 0.15) is 5.75 Å². The van der Waals surface area contributed by atoms with E-state index in [0.717, 1.165) is 20.3 Å². The number of carbonyl (C=O) groups is 1. The first kappa shape index (κ1) is 13.5. The summed E-state index contributed by atoms with van der Waals surface area (Å²) in [5.74, 6) is 0.380. The lowest BCUT2D eigenvalue weighted by Gasteiger charge is -2.09. The van der Waals surface area contributed by atoms with Crippen molar-refractivity contribution < 1.29 is 9.53 Å². The Labute approximate surface area is 111 Å². The van der Waals surface area contributed by atoms with Gasteiger partial charge in [0.05, 0.1) is 22.6 Å². The van der Waals surface area contributed by atoms with Gasteiger partial charge in [0, 0.05) is 6.54 Å². The van der Waals surface area contributed by atoms with E-state index < -0.39 is 0 Å². The van der Waals surface area contributed by atoms with Gasteiger partial charge in [-0.15, -0.1) is 0 Å². The molecule has 0 atom stereocenters. The van der Waals surface area contributed by atoms with Gasteiger partial charge in [0.15, 0.2) is 0 Å². The standard InChI is InChI=1S/C10H12Br2N2O2/c1-16-10-7(11)2-6(3-8(10)12)4-14-5-9(13)15/h2-3,14H,4-5H2,1H3,(H2,13,15). The lowest BCUT2D eigenvalue weighted by Crippen LogP contribution is -2.28. The Morgan fingerprint density at radius 3 is 2.44 bits per heavy atom. The van der Waals surface area contributed by atoms with Crippen LogP contribution in [-0.2, 0) is 11.3 Å². The molecule has 0 unspecified atom stereocenters. The van der Waals surface area contributed by atoms with Gasteiger partial charge in [-0.3, -0.25) is 4.79 Å². The summed E-state index contributed by atoms with van der Waals surface area (Å²) in [6.07, 6.45) is 0. The summed E-state index contributed by atoms with van der Waals surface area (Å²) in [6.45, 7) is 0.741. The number of ether oxygens (including phenoxy) is 1. The number of rotatable bonds is 5. The fourth-order valence-electron chi connectivity index (χ4n) is 1.24. The number of primary amides is 1. The van der Waals surface area contributed by atoms with E-state index in [-0.39, 0.29) is 12.5 Å². The van der Waals surface area contributed by atoms with E-state index in [0.29, 0.717) is 6.54 Å². The second-order valence-corrected chi connectivity index (χ2v) is 4.87. The highest BCUT2D eigenvalue weighted by Crippen LogP contribution is 2.34. The van der Waals surface area contributed by atoms with Crippen LogP contribution in [0.3, 0.4) is 0 Å². The summed E-state index contributed by atoms with van der Waals surface area (Å²) in [5.41, 5.74) is 6.05. The number of hydrogen-bond acceptors (Lipinski definition) is 3. The van der Waals surface area contributed by atoms with Gasteiger partial charge in [-0.05, 0) is 49.6 Å². The molecule has 0 aliphatic carbocycles. The second-order valence-electron chi connectivity index (χ2n) is 3.16. The number of methoxy groups -OCH3 is 1. The highest BCUT2D eigenvalue weighted by molar-refractivity contribution is 9.11.